The van der Waals surface area contributed by atoms with Crippen LogP contribution in [0, 0.1) is 5.82 Å². The summed E-state index contributed by atoms with van der Waals surface area (Å²) in [6, 6.07) is 11.8. The molecule has 3 aromatic heterocycles. The van der Waals surface area contributed by atoms with Crippen molar-refractivity contribution in [2.24, 2.45) is 0 Å². The summed E-state index contributed by atoms with van der Waals surface area (Å²) in [6.45, 7) is 5.01. The molecule has 2 aromatic carbocycles. The Morgan fingerprint density at radius 2 is 1.83 bits per heavy atom. The van der Waals surface area contributed by atoms with E-state index in [1.54, 1.807) is 25.1 Å². The van der Waals surface area contributed by atoms with Crippen LogP contribution in [0.5, 0.6) is 11.5 Å². The van der Waals surface area contributed by atoms with Crippen LogP contribution < -0.4 is 9.47 Å². The van der Waals surface area contributed by atoms with Gasteiger partial charge in [-0.1, -0.05) is 23.7 Å². The first kappa shape index (κ1) is 31.0. The highest BCUT2D eigenvalue weighted by Gasteiger charge is 2.43. The minimum absolute atomic E-state index is 0.0198. The van der Waals surface area contributed by atoms with Crippen LogP contribution in [0.1, 0.15) is 54.9 Å². The van der Waals surface area contributed by atoms with E-state index in [9.17, 15) is 17.6 Å². The second-order valence-electron chi connectivity index (χ2n) is 12.4. The number of piperidine rings is 1. The average molecular weight is 685 g/mol. The number of ether oxygens (including phenoxy) is 3. The molecule has 250 valence electrons. The molecule has 2 unspecified atom stereocenters. The topological polar surface area (TPSA) is 116 Å². The molecule has 1 N–H and O–H groups in total. The average Bonchev–Trinajstić information content (AvgIpc) is 3.74. The number of H-pyrrole nitrogens is 1. The summed E-state index contributed by atoms with van der Waals surface area (Å²) in [5, 5.41) is 15.6. The highest BCUT2D eigenvalue weighted by atomic mass is 35.5. The van der Waals surface area contributed by atoms with Crippen molar-refractivity contribution in [1.29, 1.82) is 0 Å². The lowest BCUT2D eigenvalue weighted by Crippen LogP contribution is -2.35. The molecule has 3 aliphatic heterocycles. The first-order chi connectivity index (χ1) is 23.0. The fraction of sp³-hybridized carbons (Fsp3) is 0.406. The van der Waals surface area contributed by atoms with Gasteiger partial charge in [-0.05, 0) is 68.6 Å². The molecule has 0 aliphatic carbocycles. The third-order valence-electron chi connectivity index (χ3n) is 9.17. The predicted octanol–water partition coefficient (Wildman–Crippen LogP) is 6.24. The van der Waals surface area contributed by atoms with Gasteiger partial charge in [0.05, 0.1) is 24.8 Å². The summed E-state index contributed by atoms with van der Waals surface area (Å²) in [6.07, 6.45) is -2.05. The molecule has 48 heavy (non-hydrogen) atoms. The second-order valence-corrected chi connectivity index (χ2v) is 12.8. The number of hydrogen-bond acceptors (Lipinski definition) is 9. The summed E-state index contributed by atoms with van der Waals surface area (Å²) < 4.78 is 74.3. The third kappa shape index (κ3) is 5.62. The van der Waals surface area contributed by atoms with E-state index in [4.69, 9.17) is 30.8 Å². The molecule has 0 saturated carbocycles. The molecular weight excluding hydrogens is 656 g/mol. The van der Waals surface area contributed by atoms with Gasteiger partial charge < -0.3 is 23.8 Å². The van der Waals surface area contributed by atoms with Crippen LogP contribution in [-0.2, 0) is 29.8 Å². The Morgan fingerprint density at radius 1 is 1.02 bits per heavy atom. The second kappa shape index (κ2) is 11.7. The normalized spacial score (nSPS) is 21.6. The van der Waals surface area contributed by atoms with Crippen LogP contribution >= 0.6 is 11.6 Å². The van der Waals surface area contributed by atoms with E-state index in [1.165, 1.54) is 6.07 Å². The number of rotatable bonds is 7. The van der Waals surface area contributed by atoms with Crippen molar-refractivity contribution < 1.29 is 31.8 Å². The molecular formula is C32H29ClF4N8O3. The maximum atomic E-state index is 14.9. The molecule has 2 fully saturated rings. The molecule has 0 spiro atoms. The van der Waals surface area contributed by atoms with Crippen molar-refractivity contribution in [2.45, 2.75) is 63.3 Å². The Bertz CT molecular complexity index is 2010. The number of benzene rings is 2. The molecule has 5 aromatic rings. The van der Waals surface area contributed by atoms with Crippen molar-refractivity contribution in [3.8, 4) is 23.0 Å². The Kier molecular flexibility index (Phi) is 7.53. The minimum Gasteiger partial charge on any atom is -0.444 e. The number of likely N-dealkylation sites (tertiary alicyclic amines) is 1. The van der Waals surface area contributed by atoms with Crippen molar-refractivity contribution in [3.63, 3.8) is 0 Å². The highest BCUT2D eigenvalue weighted by Crippen LogP contribution is 2.50. The number of aromatic amines is 1. The van der Waals surface area contributed by atoms with E-state index in [1.807, 2.05) is 22.8 Å². The van der Waals surface area contributed by atoms with Gasteiger partial charge in [-0.25, -0.2) is 9.37 Å². The van der Waals surface area contributed by atoms with Gasteiger partial charge >= 0.3 is 6.18 Å². The molecule has 3 aliphatic rings. The number of para-hydroxylation sites is 1. The Hall–Kier alpha value is -4.34. The van der Waals surface area contributed by atoms with Crippen LogP contribution in [0.3, 0.4) is 0 Å². The fourth-order valence-corrected chi connectivity index (χ4v) is 6.73. The minimum atomic E-state index is -4.66. The van der Waals surface area contributed by atoms with Crippen molar-refractivity contribution >= 4 is 22.8 Å². The summed E-state index contributed by atoms with van der Waals surface area (Å²) in [7, 11) is 0. The molecule has 0 amide bonds. The summed E-state index contributed by atoms with van der Waals surface area (Å²) in [5.41, 5.74) is 2.41. The summed E-state index contributed by atoms with van der Waals surface area (Å²) in [4.78, 5) is 9.33. The van der Waals surface area contributed by atoms with Crippen LogP contribution in [0.2, 0.25) is 5.02 Å². The first-order valence-corrected chi connectivity index (χ1v) is 16.0. The molecule has 11 nitrogen and oxygen atoms in total. The standard InChI is InChI=1S/C32H29ClF4N8O3/c1-31(21-6-5-18(33)13-22(21)34)47-25-4-2-3-20(27(25)48-31)17-7-10-44(11-8-17)16-26-38-24-14-23(28-39-30(43-41-28)32(35,36)37)40-42-29(24)45(26)15-19-9-12-46-19/h2-6,13-14,17,19H,7-12,15-16H2,1H3,(H,39,41,43). The van der Waals surface area contributed by atoms with Crippen molar-refractivity contribution in [3.05, 3.63) is 76.1 Å². The van der Waals surface area contributed by atoms with E-state index in [-0.39, 0.29) is 29.1 Å². The van der Waals surface area contributed by atoms with Crippen molar-refractivity contribution in [2.75, 3.05) is 19.7 Å². The maximum absolute atomic E-state index is 14.9. The number of nitrogens with zero attached hydrogens (tertiary/aromatic N) is 7. The third-order valence-corrected chi connectivity index (χ3v) is 9.41. The largest absolute Gasteiger partial charge is 0.451 e. The number of alkyl halides is 3. The quantitative estimate of drug-likeness (QED) is 0.199. The van der Waals surface area contributed by atoms with E-state index >= 15 is 0 Å². The van der Waals surface area contributed by atoms with Crippen molar-refractivity contribution in [1.82, 2.24) is 39.8 Å². The SMILES string of the molecule is CC1(c2ccc(Cl)cc2F)Oc2cccc(C3CCN(Cc4nc5cc(-c6nnc(C(F)(F)F)[nH]6)nnc5n4CC4CCO4)CC3)c2O1. The first-order valence-electron chi connectivity index (χ1n) is 15.6. The lowest BCUT2D eigenvalue weighted by Gasteiger charge is -2.33. The zero-order valence-corrected chi connectivity index (χ0v) is 26.4. The predicted molar refractivity (Wildman–Crippen MR) is 164 cm³/mol. The number of imidazole rings is 1. The van der Waals surface area contributed by atoms with E-state index in [2.05, 4.69) is 30.3 Å². The molecule has 16 heteroatoms. The lowest BCUT2D eigenvalue weighted by molar-refractivity contribution is -0.144. The van der Waals surface area contributed by atoms with E-state index in [0.717, 1.165) is 43.7 Å². The fourth-order valence-electron chi connectivity index (χ4n) is 6.58. The van der Waals surface area contributed by atoms with E-state index in [0.29, 0.717) is 47.4 Å². The number of fused-ring (bicyclic) bond motifs is 2. The van der Waals surface area contributed by atoms with Gasteiger partial charge in [-0.2, -0.15) is 13.2 Å². The molecule has 2 atom stereocenters. The van der Waals surface area contributed by atoms with Crippen LogP contribution in [0.25, 0.3) is 22.7 Å². The zero-order chi connectivity index (χ0) is 33.2. The lowest BCUT2D eigenvalue weighted by atomic mass is 9.88. The smallest absolute Gasteiger partial charge is 0.444 e. The van der Waals surface area contributed by atoms with Gasteiger partial charge in [0.1, 0.15) is 22.9 Å². The monoisotopic (exact) mass is 684 g/mol. The zero-order valence-electron chi connectivity index (χ0n) is 25.6. The van der Waals surface area contributed by atoms with Gasteiger partial charge in [0.25, 0.3) is 5.79 Å². The Morgan fingerprint density at radius 3 is 2.54 bits per heavy atom. The number of halogens is 5. The highest BCUT2D eigenvalue weighted by molar-refractivity contribution is 6.30. The molecule has 2 saturated heterocycles. The van der Waals surface area contributed by atoms with Crippen LogP contribution in [0.4, 0.5) is 17.6 Å². The molecule has 6 heterocycles. The number of aromatic nitrogens is 7. The van der Waals surface area contributed by atoms with Gasteiger partial charge in [0, 0.05) is 24.1 Å². The molecule has 0 bridgehead atoms. The van der Waals surface area contributed by atoms with Gasteiger partial charge in [0.2, 0.25) is 5.82 Å². The van der Waals surface area contributed by atoms with Crippen LogP contribution in [-0.4, -0.2) is 65.6 Å². The summed E-state index contributed by atoms with van der Waals surface area (Å²) >= 11 is 5.97. The van der Waals surface area contributed by atoms with Crippen LogP contribution in [0.15, 0.2) is 42.5 Å². The van der Waals surface area contributed by atoms with Gasteiger partial charge in [-0.3, -0.25) is 4.90 Å². The molecule has 0 radical (unpaired) electrons. The molecule has 8 rings (SSSR count). The Labute approximate surface area is 276 Å². The summed E-state index contributed by atoms with van der Waals surface area (Å²) in [5.74, 6) is -1.03. The van der Waals surface area contributed by atoms with Gasteiger partial charge in [0.15, 0.2) is 23.0 Å². The van der Waals surface area contributed by atoms with Gasteiger partial charge in [-0.15, -0.1) is 20.4 Å². The maximum Gasteiger partial charge on any atom is 0.451 e. The van der Waals surface area contributed by atoms with E-state index < -0.39 is 23.6 Å². The number of nitrogens with one attached hydrogen (secondary N) is 1. The number of hydrogen-bond donors (Lipinski definition) is 1. The Balaban J connectivity index is 0.998.